The van der Waals surface area contributed by atoms with Crippen molar-refractivity contribution in [3.63, 3.8) is 0 Å². The molecule has 0 aliphatic carbocycles. The Hall–Kier alpha value is -1.75. The van der Waals surface area contributed by atoms with Crippen molar-refractivity contribution < 1.29 is 20.5 Å². The van der Waals surface area contributed by atoms with Crippen LogP contribution in [0.3, 0.4) is 0 Å². The molecule has 6 N–H and O–H groups in total. The summed E-state index contributed by atoms with van der Waals surface area (Å²) in [6, 6.07) is 4.09. The van der Waals surface area contributed by atoms with E-state index in [0.717, 1.165) is 0 Å². The van der Waals surface area contributed by atoms with Crippen LogP contribution in [-0.2, 0) is 0 Å². The monoisotopic (exact) mass is 171 g/mol. The van der Waals surface area contributed by atoms with Crippen LogP contribution in [-0.4, -0.2) is 21.7 Å². The van der Waals surface area contributed by atoms with Crippen LogP contribution < -0.4 is 5.73 Å². The predicted octanol–water partition coefficient (Wildman–Crippen LogP) is -0.152. The molecule has 12 heavy (non-hydrogen) atoms. The highest BCUT2D eigenvalue weighted by atomic mass is 16.4. The predicted molar refractivity (Wildman–Crippen MR) is 43.1 cm³/mol. The number of anilines is 1. The zero-order valence-corrected chi connectivity index (χ0v) is 6.11. The fourth-order valence-electron chi connectivity index (χ4n) is 0.740. The second-order valence-corrected chi connectivity index (χ2v) is 2.04. The first-order chi connectivity index (χ1) is 5.13. The Bertz CT molecular complexity index is 297. The molecule has 0 amide bonds. The van der Waals surface area contributed by atoms with E-state index < -0.39 is 5.97 Å². The van der Waals surface area contributed by atoms with Gasteiger partial charge in [-0.3, -0.25) is 0 Å². The SMILES string of the molecule is Nc1c(O)cccc1C(=O)O.O. The number of carboxylic acids is 1. The van der Waals surface area contributed by atoms with Gasteiger partial charge in [-0.15, -0.1) is 0 Å². The van der Waals surface area contributed by atoms with Crippen LogP contribution in [0, 0.1) is 0 Å². The molecule has 0 radical (unpaired) electrons. The van der Waals surface area contributed by atoms with Gasteiger partial charge in [-0.1, -0.05) is 6.07 Å². The van der Waals surface area contributed by atoms with Gasteiger partial charge in [0.05, 0.1) is 11.3 Å². The summed E-state index contributed by atoms with van der Waals surface area (Å²) in [4.78, 5) is 10.4. The summed E-state index contributed by atoms with van der Waals surface area (Å²) in [5, 5.41) is 17.5. The maximum atomic E-state index is 10.4. The maximum Gasteiger partial charge on any atom is 0.337 e. The van der Waals surface area contributed by atoms with Gasteiger partial charge in [-0.25, -0.2) is 4.79 Å². The molecule has 0 saturated heterocycles. The minimum absolute atomic E-state index is 0. The lowest BCUT2D eigenvalue weighted by molar-refractivity contribution is 0.0697. The van der Waals surface area contributed by atoms with Crippen LogP contribution in [0.2, 0.25) is 0 Å². The molecule has 0 aliphatic rings. The van der Waals surface area contributed by atoms with Crippen LogP contribution in [0.25, 0.3) is 0 Å². The third-order valence-corrected chi connectivity index (χ3v) is 1.31. The van der Waals surface area contributed by atoms with E-state index in [0.29, 0.717) is 0 Å². The fourth-order valence-corrected chi connectivity index (χ4v) is 0.740. The Morgan fingerprint density at radius 3 is 2.42 bits per heavy atom. The van der Waals surface area contributed by atoms with Crippen molar-refractivity contribution in [1.29, 1.82) is 0 Å². The van der Waals surface area contributed by atoms with Crippen molar-refractivity contribution in [2.45, 2.75) is 0 Å². The van der Waals surface area contributed by atoms with E-state index >= 15 is 0 Å². The molecule has 0 saturated carbocycles. The number of hydrogen-bond acceptors (Lipinski definition) is 3. The molecule has 0 fully saturated rings. The van der Waals surface area contributed by atoms with Crippen LogP contribution in [0.1, 0.15) is 10.4 Å². The standard InChI is InChI=1S/C7H7NO3.H2O/c8-6-4(7(10)11)2-1-3-5(6)9;/h1-3,9H,8H2,(H,10,11);1H2. The van der Waals surface area contributed by atoms with E-state index in [9.17, 15) is 4.79 Å². The average molecular weight is 171 g/mol. The molecule has 5 heteroatoms. The molecular weight excluding hydrogens is 162 g/mol. The summed E-state index contributed by atoms with van der Waals surface area (Å²) in [7, 11) is 0. The first kappa shape index (κ1) is 10.2. The highest BCUT2D eigenvalue weighted by molar-refractivity contribution is 5.95. The normalized spacial score (nSPS) is 8.67. The van der Waals surface area contributed by atoms with E-state index in [1.54, 1.807) is 0 Å². The van der Waals surface area contributed by atoms with Gasteiger partial charge in [0.25, 0.3) is 0 Å². The molecule has 0 heterocycles. The van der Waals surface area contributed by atoms with Gasteiger partial charge in [0, 0.05) is 0 Å². The first-order valence-corrected chi connectivity index (χ1v) is 2.93. The number of carboxylic acid groups (broad SMARTS) is 1. The lowest BCUT2D eigenvalue weighted by atomic mass is 10.2. The summed E-state index contributed by atoms with van der Waals surface area (Å²) in [5.41, 5.74) is 5.08. The minimum Gasteiger partial charge on any atom is -0.506 e. The summed E-state index contributed by atoms with van der Waals surface area (Å²) >= 11 is 0. The number of phenolic OH excluding ortho intramolecular Hbond substituents is 1. The average Bonchev–Trinajstić information content (AvgIpc) is 1.94. The molecule has 0 unspecified atom stereocenters. The Balaban J connectivity index is 0.00000121. The molecule has 66 valence electrons. The molecule has 1 rings (SSSR count). The van der Waals surface area contributed by atoms with Crippen molar-refractivity contribution in [1.82, 2.24) is 0 Å². The molecule has 0 atom stereocenters. The van der Waals surface area contributed by atoms with Gasteiger partial charge in [-0.2, -0.15) is 0 Å². The third-order valence-electron chi connectivity index (χ3n) is 1.31. The molecular formula is C7H9NO4. The van der Waals surface area contributed by atoms with Crippen molar-refractivity contribution in [2.75, 3.05) is 5.73 Å². The molecule has 0 aliphatic heterocycles. The second-order valence-electron chi connectivity index (χ2n) is 2.04. The van der Waals surface area contributed by atoms with Crippen molar-refractivity contribution >= 4 is 11.7 Å². The van der Waals surface area contributed by atoms with Crippen LogP contribution >= 0.6 is 0 Å². The molecule has 0 spiro atoms. The topological polar surface area (TPSA) is 115 Å². The summed E-state index contributed by atoms with van der Waals surface area (Å²) in [5.74, 6) is -1.34. The van der Waals surface area contributed by atoms with Crippen LogP contribution in [0.5, 0.6) is 5.75 Å². The van der Waals surface area contributed by atoms with Gasteiger partial charge in [-0.05, 0) is 12.1 Å². The lowest BCUT2D eigenvalue weighted by Crippen LogP contribution is -2.01. The number of para-hydroxylation sites is 1. The number of benzene rings is 1. The largest absolute Gasteiger partial charge is 0.506 e. The molecule has 1 aromatic rings. The number of carbonyl (C=O) groups is 1. The highest BCUT2D eigenvalue weighted by Crippen LogP contribution is 2.22. The van der Waals surface area contributed by atoms with E-state index in [4.69, 9.17) is 15.9 Å². The number of phenols is 1. The first-order valence-electron chi connectivity index (χ1n) is 2.93. The van der Waals surface area contributed by atoms with Gasteiger partial charge in [0.2, 0.25) is 0 Å². The second kappa shape index (κ2) is 3.59. The molecule has 5 nitrogen and oxygen atoms in total. The highest BCUT2D eigenvalue weighted by Gasteiger charge is 2.09. The van der Waals surface area contributed by atoms with Crippen molar-refractivity contribution in [3.05, 3.63) is 23.8 Å². The van der Waals surface area contributed by atoms with E-state index in [2.05, 4.69) is 0 Å². The summed E-state index contributed by atoms with van der Waals surface area (Å²) < 4.78 is 0. The van der Waals surface area contributed by atoms with Crippen molar-refractivity contribution in [3.8, 4) is 5.75 Å². The van der Waals surface area contributed by atoms with Gasteiger partial charge >= 0.3 is 5.97 Å². The summed E-state index contributed by atoms with van der Waals surface area (Å²) in [6.07, 6.45) is 0. The number of hydrogen-bond donors (Lipinski definition) is 3. The quantitative estimate of drug-likeness (QED) is 0.402. The number of nitrogen functional groups attached to an aromatic ring is 1. The third kappa shape index (κ3) is 1.64. The van der Waals surface area contributed by atoms with Crippen molar-refractivity contribution in [2.24, 2.45) is 0 Å². The number of aromatic carboxylic acids is 1. The number of rotatable bonds is 1. The maximum absolute atomic E-state index is 10.4. The fraction of sp³-hybridized carbons (Fsp3) is 0. The number of aromatic hydroxyl groups is 1. The van der Waals surface area contributed by atoms with E-state index in [1.165, 1.54) is 18.2 Å². The van der Waals surface area contributed by atoms with Crippen LogP contribution in [0.15, 0.2) is 18.2 Å². The molecule has 0 bridgehead atoms. The molecule has 1 aromatic carbocycles. The lowest BCUT2D eigenvalue weighted by Gasteiger charge is -2.00. The zero-order valence-electron chi connectivity index (χ0n) is 6.11. The van der Waals surface area contributed by atoms with E-state index in [1.807, 2.05) is 0 Å². The van der Waals surface area contributed by atoms with Gasteiger partial charge in [0.15, 0.2) is 0 Å². The van der Waals surface area contributed by atoms with Crippen LogP contribution in [0.4, 0.5) is 5.69 Å². The minimum atomic E-state index is -1.14. The van der Waals surface area contributed by atoms with Gasteiger partial charge < -0.3 is 21.4 Å². The Morgan fingerprint density at radius 1 is 1.42 bits per heavy atom. The Morgan fingerprint density at radius 2 is 2.00 bits per heavy atom. The Labute approximate surface area is 68.4 Å². The Kier molecular flexibility index (Phi) is 3.06. The number of nitrogens with two attached hydrogens (primary N) is 1. The smallest absolute Gasteiger partial charge is 0.337 e. The zero-order chi connectivity index (χ0) is 8.43. The summed E-state index contributed by atoms with van der Waals surface area (Å²) in [6.45, 7) is 0. The molecule has 0 aromatic heterocycles. The van der Waals surface area contributed by atoms with E-state index in [-0.39, 0.29) is 22.5 Å². The van der Waals surface area contributed by atoms with Gasteiger partial charge in [0.1, 0.15) is 5.75 Å².